The molecule has 1 saturated heterocycles. The average molecular weight is 243 g/mol. The van der Waals surface area contributed by atoms with Crippen molar-refractivity contribution in [1.29, 1.82) is 0 Å². The molecule has 2 heterocycles. The molecule has 0 saturated carbocycles. The number of fused-ring (bicyclic) bond motifs is 1. The van der Waals surface area contributed by atoms with Crippen LogP contribution in [-0.4, -0.2) is 41.6 Å². The van der Waals surface area contributed by atoms with E-state index in [-0.39, 0.29) is 5.91 Å². The van der Waals surface area contributed by atoms with Crippen molar-refractivity contribution >= 4 is 16.8 Å². The molecule has 1 aromatic carbocycles. The first-order chi connectivity index (χ1) is 8.77. The van der Waals surface area contributed by atoms with E-state index in [0.717, 1.165) is 42.6 Å². The molecule has 94 valence electrons. The zero-order valence-corrected chi connectivity index (χ0v) is 10.5. The molecule has 1 fully saturated rings. The summed E-state index contributed by atoms with van der Waals surface area (Å²) in [7, 11) is 1.98. The summed E-state index contributed by atoms with van der Waals surface area (Å²) in [6.45, 7) is 3.36. The van der Waals surface area contributed by atoms with E-state index < -0.39 is 0 Å². The largest absolute Gasteiger partial charge is 0.350 e. The van der Waals surface area contributed by atoms with Crippen molar-refractivity contribution in [3.05, 3.63) is 36.0 Å². The van der Waals surface area contributed by atoms with Crippen LogP contribution in [0.15, 0.2) is 30.5 Å². The van der Waals surface area contributed by atoms with E-state index in [4.69, 9.17) is 0 Å². The highest BCUT2D eigenvalue weighted by molar-refractivity contribution is 6.07. The van der Waals surface area contributed by atoms with Crippen molar-refractivity contribution < 1.29 is 4.79 Å². The number of aromatic nitrogens is 1. The highest BCUT2D eigenvalue weighted by Crippen LogP contribution is 2.21. The Hall–Kier alpha value is -1.81. The van der Waals surface area contributed by atoms with Crippen molar-refractivity contribution in [1.82, 2.24) is 14.8 Å². The maximum atomic E-state index is 12.5. The van der Waals surface area contributed by atoms with Crippen LogP contribution < -0.4 is 5.32 Å². The van der Waals surface area contributed by atoms with Crippen LogP contribution >= 0.6 is 0 Å². The second-order valence-corrected chi connectivity index (χ2v) is 4.71. The van der Waals surface area contributed by atoms with Gasteiger partial charge in [-0.25, -0.2) is 0 Å². The minimum atomic E-state index is 0.147. The molecule has 4 nitrogen and oxygen atoms in total. The average Bonchev–Trinajstić information content (AvgIpc) is 2.77. The van der Waals surface area contributed by atoms with Gasteiger partial charge in [0.25, 0.3) is 5.91 Å². The number of carbonyl (C=O) groups excluding carboxylic acids is 1. The van der Waals surface area contributed by atoms with E-state index in [2.05, 4.69) is 5.32 Å². The smallest absolute Gasteiger partial charge is 0.256 e. The SMILES string of the molecule is Cn1cc(C(=O)N2CCNCC2)c2ccccc21. The van der Waals surface area contributed by atoms with E-state index in [1.807, 2.05) is 47.0 Å². The van der Waals surface area contributed by atoms with Crippen LogP contribution in [0.3, 0.4) is 0 Å². The van der Waals surface area contributed by atoms with Gasteiger partial charge < -0.3 is 14.8 Å². The first-order valence-electron chi connectivity index (χ1n) is 6.31. The number of nitrogens with one attached hydrogen (secondary N) is 1. The Morgan fingerprint density at radius 1 is 1.22 bits per heavy atom. The second-order valence-electron chi connectivity index (χ2n) is 4.71. The number of aryl methyl sites for hydroxylation is 1. The third-order valence-corrected chi connectivity index (χ3v) is 3.53. The van der Waals surface area contributed by atoms with Crippen molar-refractivity contribution in [3.63, 3.8) is 0 Å². The summed E-state index contributed by atoms with van der Waals surface area (Å²) in [6.07, 6.45) is 1.94. The maximum absolute atomic E-state index is 12.5. The predicted molar refractivity (Wildman–Crippen MR) is 71.7 cm³/mol. The first kappa shape index (κ1) is 11.3. The fourth-order valence-electron chi connectivity index (χ4n) is 2.55. The molecule has 2 aromatic rings. The molecule has 1 N–H and O–H groups in total. The summed E-state index contributed by atoms with van der Waals surface area (Å²) < 4.78 is 2.02. The van der Waals surface area contributed by atoms with Crippen LogP contribution in [0.2, 0.25) is 0 Å². The third-order valence-electron chi connectivity index (χ3n) is 3.53. The van der Waals surface area contributed by atoms with Gasteiger partial charge in [-0.1, -0.05) is 18.2 Å². The monoisotopic (exact) mass is 243 g/mol. The zero-order chi connectivity index (χ0) is 12.5. The standard InChI is InChI=1S/C14H17N3O/c1-16-10-12(11-4-2-3-5-13(11)16)14(18)17-8-6-15-7-9-17/h2-5,10,15H,6-9H2,1H3. The van der Waals surface area contributed by atoms with Crippen LogP contribution in [0, 0.1) is 0 Å². The van der Waals surface area contributed by atoms with Crippen LogP contribution in [0.1, 0.15) is 10.4 Å². The van der Waals surface area contributed by atoms with Gasteiger partial charge in [0, 0.05) is 50.3 Å². The Morgan fingerprint density at radius 2 is 1.94 bits per heavy atom. The Balaban J connectivity index is 2.00. The molecule has 0 unspecified atom stereocenters. The third kappa shape index (κ3) is 1.78. The molecule has 4 heteroatoms. The van der Waals surface area contributed by atoms with Crippen molar-refractivity contribution in [3.8, 4) is 0 Å². The van der Waals surface area contributed by atoms with Gasteiger partial charge in [0.1, 0.15) is 0 Å². The van der Waals surface area contributed by atoms with E-state index in [0.29, 0.717) is 0 Å². The lowest BCUT2D eigenvalue weighted by molar-refractivity contribution is 0.0737. The lowest BCUT2D eigenvalue weighted by Crippen LogP contribution is -2.46. The van der Waals surface area contributed by atoms with Crippen LogP contribution in [0.5, 0.6) is 0 Å². The molecule has 0 bridgehead atoms. The summed E-state index contributed by atoms with van der Waals surface area (Å²) in [5.74, 6) is 0.147. The van der Waals surface area contributed by atoms with Crippen molar-refractivity contribution in [2.45, 2.75) is 0 Å². The fraction of sp³-hybridized carbons (Fsp3) is 0.357. The Morgan fingerprint density at radius 3 is 2.72 bits per heavy atom. The number of rotatable bonds is 1. The highest BCUT2D eigenvalue weighted by atomic mass is 16.2. The lowest BCUT2D eigenvalue weighted by atomic mass is 10.1. The molecule has 0 atom stereocenters. The van der Waals surface area contributed by atoms with Crippen LogP contribution in [0.4, 0.5) is 0 Å². The van der Waals surface area contributed by atoms with E-state index >= 15 is 0 Å². The second kappa shape index (κ2) is 4.46. The molecule has 0 spiro atoms. The number of para-hydroxylation sites is 1. The summed E-state index contributed by atoms with van der Waals surface area (Å²) in [6, 6.07) is 8.05. The molecule has 18 heavy (non-hydrogen) atoms. The summed E-state index contributed by atoms with van der Waals surface area (Å²) >= 11 is 0. The number of nitrogens with zero attached hydrogens (tertiary/aromatic N) is 2. The number of hydrogen-bond donors (Lipinski definition) is 1. The number of piperazine rings is 1. The maximum Gasteiger partial charge on any atom is 0.256 e. The Labute approximate surface area is 106 Å². The molecule has 0 aliphatic carbocycles. The number of amides is 1. The van der Waals surface area contributed by atoms with Crippen LogP contribution in [-0.2, 0) is 7.05 Å². The van der Waals surface area contributed by atoms with Gasteiger partial charge in [0.05, 0.1) is 5.56 Å². The van der Waals surface area contributed by atoms with Gasteiger partial charge in [0.15, 0.2) is 0 Å². The number of carbonyl (C=O) groups is 1. The van der Waals surface area contributed by atoms with E-state index in [1.54, 1.807) is 0 Å². The summed E-state index contributed by atoms with van der Waals surface area (Å²) in [5.41, 5.74) is 1.92. The highest BCUT2D eigenvalue weighted by Gasteiger charge is 2.21. The zero-order valence-electron chi connectivity index (χ0n) is 10.5. The molecular formula is C14H17N3O. The lowest BCUT2D eigenvalue weighted by Gasteiger charge is -2.27. The molecule has 1 aromatic heterocycles. The minimum Gasteiger partial charge on any atom is -0.350 e. The molecule has 1 aliphatic rings. The van der Waals surface area contributed by atoms with Gasteiger partial charge in [-0.3, -0.25) is 4.79 Å². The van der Waals surface area contributed by atoms with Crippen LogP contribution in [0.25, 0.3) is 10.9 Å². The topological polar surface area (TPSA) is 37.3 Å². The molecule has 3 rings (SSSR count). The molecule has 1 amide bonds. The summed E-state index contributed by atoms with van der Waals surface area (Å²) in [5, 5.41) is 4.31. The first-order valence-corrected chi connectivity index (χ1v) is 6.31. The minimum absolute atomic E-state index is 0.147. The van der Waals surface area contributed by atoms with E-state index in [9.17, 15) is 4.79 Å². The summed E-state index contributed by atoms with van der Waals surface area (Å²) in [4.78, 5) is 14.4. The normalized spacial score (nSPS) is 16.2. The molecule has 1 aliphatic heterocycles. The predicted octanol–water partition coefficient (Wildman–Crippen LogP) is 1.22. The van der Waals surface area contributed by atoms with Gasteiger partial charge in [-0.2, -0.15) is 0 Å². The fourth-order valence-corrected chi connectivity index (χ4v) is 2.55. The van der Waals surface area contributed by atoms with Gasteiger partial charge >= 0.3 is 0 Å². The Bertz CT molecular complexity index is 582. The molecular weight excluding hydrogens is 226 g/mol. The van der Waals surface area contributed by atoms with Gasteiger partial charge in [-0.05, 0) is 6.07 Å². The van der Waals surface area contributed by atoms with Crippen molar-refractivity contribution in [2.75, 3.05) is 26.2 Å². The quantitative estimate of drug-likeness (QED) is 0.818. The number of benzene rings is 1. The van der Waals surface area contributed by atoms with Gasteiger partial charge in [-0.15, -0.1) is 0 Å². The Kier molecular flexibility index (Phi) is 2.80. The van der Waals surface area contributed by atoms with E-state index in [1.165, 1.54) is 0 Å². The van der Waals surface area contributed by atoms with Gasteiger partial charge in [0.2, 0.25) is 0 Å². The molecule has 0 radical (unpaired) electrons. The number of hydrogen-bond acceptors (Lipinski definition) is 2. The van der Waals surface area contributed by atoms with Crippen molar-refractivity contribution in [2.24, 2.45) is 7.05 Å².